The Hall–Kier alpha value is -4.71. The summed E-state index contributed by atoms with van der Waals surface area (Å²) in [5, 5.41) is 22.6. The van der Waals surface area contributed by atoms with Crippen LogP contribution in [0, 0.1) is 23.2 Å². The minimum absolute atomic E-state index is 0.0255. The van der Waals surface area contributed by atoms with Crippen LogP contribution in [-0.4, -0.2) is 142 Å². The van der Waals surface area contributed by atoms with Crippen molar-refractivity contribution in [2.75, 3.05) is 58.2 Å². The molecule has 2 saturated heterocycles. The number of aliphatic carboxylic acids is 1. The number of hydrogen-bond acceptors (Lipinski definition) is 13. The summed E-state index contributed by atoms with van der Waals surface area (Å²) in [5.74, 6) is -0.740. The highest BCUT2D eigenvalue weighted by molar-refractivity contribution is 7.14. The van der Waals surface area contributed by atoms with Gasteiger partial charge in [-0.1, -0.05) is 38.4 Å². The lowest BCUT2D eigenvalue weighted by Crippen LogP contribution is -2.59. The second kappa shape index (κ2) is 18.3. The van der Waals surface area contributed by atoms with Crippen molar-refractivity contribution in [2.24, 2.45) is 23.2 Å². The van der Waals surface area contributed by atoms with Crippen molar-refractivity contribution in [1.82, 2.24) is 35.3 Å². The molecule has 2 aliphatic heterocycles. The second-order valence-electron chi connectivity index (χ2n) is 19.6. The van der Waals surface area contributed by atoms with Gasteiger partial charge in [0.15, 0.2) is 5.13 Å². The maximum Gasteiger partial charge on any atom is 0.408 e. The number of alkyl carbamates (subject to hydrolysis) is 1. The molecule has 8 rings (SSSR count). The number of ether oxygens (including phenoxy) is 3. The van der Waals surface area contributed by atoms with Crippen LogP contribution in [0.3, 0.4) is 0 Å². The minimum atomic E-state index is -1.53. The largest absolute Gasteiger partial charge is 0.491 e. The van der Waals surface area contributed by atoms with Crippen LogP contribution in [0.2, 0.25) is 5.02 Å². The number of benzene rings is 1. The number of aromatic nitrogens is 2. The quantitative estimate of drug-likeness (QED) is 0.125. The highest BCUT2D eigenvalue weighted by atomic mass is 35.5. The van der Waals surface area contributed by atoms with Gasteiger partial charge in [0.25, 0.3) is 0 Å². The van der Waals surface area contributed by atoms with Gasteiger partial charge in [-0.15, -0.1) is 17.9 Å². The maximum atomic E-state index is 14.8. The molecule has 5 aliphatic rings. The number of pyridine rings is 1. The third kappa shape index (κ3) is 9.92. The monoisotopic (exact) mass is 920 g/mol. The second-order valence-corrected chi connectivity index (χ2v) is 20.8. The Morgan fingerprint density at radius 1 is 1.03 bits per heavy atom. The van der Waals surface area contributed by atoms with E-state index >= 15 is 0 Å². The zero-order valence-corrected chi connectivity index (χ0v) is 39.1. The number of fused-ring (bicyclic) bond motifs is 2. The summed E-state index contributed by atoms with van der Waals surface area (Å²) in [5.41, 5.74) is -0.808. The van der Waals surface area contributed by atoms with Gasteiger partial charge in [-0.2, -0.15) is 0 Å². The summed E-state index contributed by atoms with van der Waals surface area (Å²) in [6.45, 7) is 18.4. The fourth-order valence-electron chi connectivity index (χ4n) is 9.36. The normalized spacial score (nSPS) is 27.2. The highest BCUT2D eigenvalue weighted by Gasteiger charge is 2.61. The van der Waals surface area contributed by atoms with E-state index in [1.807, 2.05) is 46.1 Å². The summed E-state index contributed by atoms with van der Waals surface area (Å²) >= 11 is 8.58. The summed E-state index contributed by atoms with van der Waals surface area (Å²) in [7, 11) is 2.12. The Bertz CT molecular complexity index is 2270. The number of halogens is 1. The predicted molar refractivity (Wildman–Crippen MR) is 245 cm³/mol. The van der Waals surface area contributed by atoms with Gasteiger partial charge < -0.3 is 45.1 Å². The summed E-state index contributed by atoms with van der Waals surface area (Å²) in [4.78, 5) is 70.9. The van der Waals surface area contributed by atoms with Gasteiger partial charge in [0.1, 0.15) is 58.7 Å². The molecule has 346 valence electrons. The third-order valence-electron chi connectivity index (χ3n) is 13.3. The Morgan fingerprint density at radius 2 is 1.77 bits per heavy atom. The van der Waals surface area contributed by atoms with Gasteiger partial charge in [-0.25, -0.2) is 19.6 Å². The number of rotatable bonds is 16. The molecule has 8 atom stereocenters. The van der Waals surface area contributed by atoms with Crippen LogP contribution in [0.4, 0.5) is 9.93 Å². The fraction of sp³-hybridized carbons (Fsp3) is 0.609. The molecule has 3 amide bonds. The average molecular weight is 922 g/mol. The van der Waals surface area contributed by atoms with Crippen molar-refractivity contribution < 1.29 is 38.5 Å². The molecule has 2 aromatic heterocycles. The number of likely N-dealkylation sites (tertiary alicyclic amines) is 1. The first-order chi connectivity index (χ1) is 30.4. The third-order valence-corrected chi connectivity index (χ3v) is 14.4. The van der Waals surface area contributed by atoms with Crippen molar-refractivity contribution >= 4 is 62.8 Å². The topological polar surface area (TPSA) is 188 Å². The number of carbonyl (C=O) groups is 4. The number of anilines is 1. The van der Waals surface area contributed by atoms with E-state index in [0.29, 0.717) is 57.3 Å². The van der Waals surface area contributed by atoms with Gasteiger partial charge in [0.2, 0.25) is 11.8 Å². The number of likely N-dealkylation sites (N-methyl/N-ethyl adjacent to an activating group) is 1. The number of nitrogens with zero attached hydrogens (tertiary/aromatic N) is 5. The molecular weight excluding hydrogens is 860 g/mol. The van der Waals surface area contributed by atoms with Crippen LogP contribution in [-0.2, 0) is 19.1 Å². The number of nitrogens with one attached hydrogen (secondary N) is 3. The van der Waals surface area contributed by atoms with E-state index in [4.69, 9.17) is 35.8 Å². The maximum absolute atomic E-state index is 14.8. The SMILES string of the molecule is C=C[C@@H]1CC1(NC(=O)[C@@H]1C[C@@H](Oc2cc(-c3csc(NC(C)C)n3)nc3c(Cl)c(OCCN4CCN(C)CC4)ccc23)CN1C(=O)[C@@H](NC(=O)OC1C[C@@H]2C[C@@H]2C1)C(C)(C)C)C(=O)O. The molecule has 4 heterocycles. The van der Waals surface area contributed by atoms with Crippen LogP contribution in [0.25, 0.3) is 22.3 Å². The van der Waals surface area contributed by atoms with Crippen LogP contribution in [0.5, 0.6) is 11.5 Å². The number of piperazine rings is 1. The predicted octanol–water partition coefficient (Wildman–Crippen LogP) is 5.89. The molecule has 64 heavy (non-hydrogen) atoms. The molecule has 18 heteroatoms. The number of thiazole rings is 1. The zero-order chi connectivity index (χ0) is 45.7. The van der Waals surface area contributed by atoms with Crippen LogP contribution < -0.4 is 25.4 Å². The summed E-state index contributed by atoms with van der Waals surface area (Å²) < 4.78 is 18.9. The van der Waals surface area contributed by atoms with Gasteiger partial charge >= 0.3 is 12.1 Å². The number of carboxylic acids is 1. The minimum Gasteiger partial charge on any atom is -0.491 e. The zero-order valence-electron chi connectivity index (χ0n) is 37.5. The Labute approximate surface area is 383 Å². The van der Waals surface area contributed by atoms with Crippen molar-refractivity contribution in [3.05, 3.63) is 41.3 Å². The molecule has 5 fully saturated rings. The summed E-state index contributed by atoms with van der Waals surface area (Å²) in [6.07, 6.45) is 2.88. The van der Waals surface area contributed by atoms with Crippen LogP contribution in [0.1, 0.15) is 66.7 Å². The highest BCUT2D eigenvalue weighted by Crippen LogP contribution is 2.52. The van der Waals surface area contributed by atoms with Crippen molar-refractivity contribution in [2.45, 2.75) is 103 Å². The lowest BCUT2D eigenvalue weighted by atomic mass is 9.85. The molecule has 4 N–H and O–H groups in total. The smallest absolute Gasteiger partial charge is 0.408 e. The molecule has 0 bridgehead atoms. The number of hydrogen-bond donors (Lipinski definition) is 4. The average Bonchev–Trinajstić information content (AvgIpc) is 3.91. The number of amides is 3. The van der Waals surface area contributed by atoms with E-state index in [-0.39, 0.29) is 31.5 Å². The molecule has 3 aliphatic carbocycles. The number of carbonyl (C=O) groups excluding carboxylic acids is 3. The molecule has 0 radical (unpaired) electrons. The van der Waals surface area contributed by atoms with E-state index < -0.39 is 58.9 Å². The van der Waals surface area contributed by atoms with Crippen LogP contribution >= 0.6 is 22.9 Å². The van der Waals surface area contributed by atoms with E-state index in [1.54, 1.807) is 12.1 Å². The van der Waals surface area contributed by atoms with Crippen LogP contribution in [0.15, 0.2) is 36.2 Å². The number of carboxylic acid groups (broad SMARTS) is 1. The Morgan fingerprint density at radius 3 is 2.42 bits per heavy atom. The molecular formula is C46H61ClN8O8S. The molecule has 16 nitrogen and oxygen atoms in total. The lowest BCUT2D eigenvalue weighted by molar-refractivity contribution is -0.146. The van der Waals surface area contributed by atoms with Crippen molar-refractivity contribution in [1.29, 1.82) is 0 Å². The van der Waals surface area contributed by atoms with Crippen molar-refractivity contribution in [3.8, 4) is 22.9 Å². The van der Waals surface area contributed by atoms with E-state index in [0.717, 1.165) is 50.7 Å². The lowest BCUT2D eigenvalue weighted by Gasteiger charge is -2.35. The molecule has 2 unspecified atom stereocenters. The Balaban J connectivity index is 1.09. The van der Waals surface area contributed by atoms with E-state index in [9.17, 15) is 24.3 Å². The standard InChI is InChI=1S/C46H61ClN8O8S/c1-8-28-22-46(28,42(58)59)52-40(56)34-20-30(23-55(34)41(57)39(45(4,5)6)51-44(60)63-29-18-26-17-27(26)19-29)62-36-21-32(33-24-64-43(50-33)48-25(2)3)49-38-31(36)9-10-35(37(38)47)61-16-15-54-13-11-53(7)12-14-54/h8-10,21,24-30,34,39H,1,11-20,22-23H2,2-7H3,(H,48,50)(H,51,60)(H,52,56)(H,58,59)/t26-,27+,28-,29?,30-,34+,39-,46?/m1/s1. The van der Waals surface area contributed by atoms with Gasteiger partial charge in [0, 0.05) is 67.9 Å². The first kappa shape index (κ1) is 45.8. The fourth-order valence-corrected chi connectivity index (χ4v) is 10.5. The van der Waals surface area contributed by atoms with Gasteiger partial charge in [0.05, 0.1) is 17.8 Å². The molecule has 1 aromatic carbocycles. The van der Waals surface area contributed by atoms with Crippen molar-refractivity contribution in [3.63, 3.8) is 0 Å². The Kier molecular flexibility index (Phi) is 13.1. The van der Waals surface area contributed by atoms with Gasteiger partial charge in [-0.05, 0) is 76.0 Å². The summed E-state index contributed by atoms with van der Waals surface area (Å²) in [6, 6.07) is 3.35. The first-order valence-corrected chi connectivity index (χ1v) is 23.7. The molecule has 0 spiro atoms. The van der Waals surface area contributed by atoms with Gasteiger partial charge in [-0.3, -0.25) is 14.5 Å². The molecule has 3 saturated carbocycles. The first-order valence-electron chi connectivity index (χ1n) is 22.4. The van der Waals surface area contributed by atoms with E-state index in [1.165, 1.54) is 28.7 Å². The molecule has 3 aromatic rings. The van der Waals surface area contributed by atoms with E-state index in [2.05, 4.69) is 39.4 Å².